The number of carbonyl (C=O) groups excluding carboxylic acids is 1. The van der Waals surface area contributed by atoms with Crippen LogP contribution in [0.3, 0.4) is 0 Å². The molecular formula is C16H14N4OS. The summed E-state index contributed by atoms with van der Waals surface area (Å²) in [6, 6.07) is 11.6. The average Bonchev–Trinajstić information content (AvgIpc) is 2.98. The second-order valence-corrected chi connectivity index (χ2v) is 6.18. The number of pyridine rings is 1. The number of thiazole rings is 1. The topological polar surface area (TPSA) is 58.1 Å². The summed E-state index contributed by atoms with van der Waals surface area (Å²) in [7, 11) is 0. The molecule has 1 aliphatic rings. The van der Waals surface area contributed by atoms with Gasteiger partial charge in [0.1, 0.15) is 5.82 Å². The molecule has 0 unspecified atom stereocenters. The molecule has 110 valence electrons. The van der Waals surface area contributed by atoms with Crippen LogP contribution in [-0.2, 0) is 0 Å². The van der Waals surface area contributed by atoms with Crippen molar-refractivity contribution in [3.63, 3.8) is 0 Å². The molecule has 1 aromatic carbocycles. The second-order valence-electron chi connectivity index (χ2n) is 5.30. The van der Waals surface area contributed by atoms with Crippen LogP contribution in [0.15, 0.2) is 48.1 Å². The van der Waals surface area contributed by atoms with E-state index < -0.39 is 0 Å². The van der Waals surface area contributed by atoms with E-state index in [-0.39, 0.29) is 11.9 Å². The summed E-state index contributed by atoms with van der Waals surface area (Å²) < 4.78 is 1.04. The van der Waals surface area contributed by atoms with E-state index in [2.05, 4.69) is 20.2 Å². The number of rotatable bonds is 3. The number of amides is 1. The Balaban J connectivity index is 1.39. The summed E-state index contributed by atoms with van der Waals surface area (Å²) in [6.45, 7) is 1.59. The molecule has 1 fully saturated rings. The van der Waals surface area contributed by atoms with Gasteiger partial charge >= 0.3 is 0 Å². The van der Waals surface area contributed by atoms with Crippen LogP contribution in [-0.4, -0.2) is 35.0 Å². The lowest BCUT2D eigenvalue weighted by Gasteiger charge is -2.40. The third-order valence-corrected chi connectivity index (χ3v) is 4.58. The molecule has 0 saturated carbocycles. The van der Waals surface area contributed by atoms with Crippen molar-refractivity contribution in [3.05, 3.63) is 53.7 Å². The molecule has 0 radical (unpaired) electrons. The third kappa shape index (κ3) is 2.42. The summed E-state index contributed by atoms with van der Waals surface area (Å²) in [4.78, 5) is 23.0. The number of aromatic nitrogens is 2. The zero-order valence-corrected chi connectivity index (χ0v) is 12.6. The highest BCUT2D eigenvalue weighted by Crippen LogP contribution is 2.20. The smallest absolute Gasteiger partial charge is 0.251 e. The van der Waals surface area contributed by atoms with Crippen molar-refractivity contribution in [1.29, 1.82) is 0 Å². The van der Waals surface area contributed by atoms with Gasteiger partial charge in [0.25, 0.3) is 5.91 Å². The number of anilines is 1. The van der Waals surface area contributed by atoms with Crippen molar-refractivity contribution in [2.45, 2.75) is 6.04 Å². The number of nitrogens with one attached hydrogen (secondary N) is 1. The fourth-order valence-corrected chi connectivity index (χ4v) is 3.28. The minimum atomic E-state index is -0.0269. The molecule has 0 spiro atoms. The molecule has 0 bridgehead atoms. The van der Waals surface area contributed by atoms with Crippen molar-refractivity contribution in [3.8, 4) is 0 Å². The van der Waals surface area contributed by atoms with E-state index in [4.69, 9.17) is 0 Å². The summed E-state index contributed by atoms with van der Waals surface area (Å²) in [5, 5.41) is 3.07. The third-order valence-electron chi connectivity index (χ3n) is 3.78. The molecule has 5 nitrogen and oxygen atoms in total. The standard InChI is InChI=1S/C16H14N4OS/c21-16(11-4-5-13-14(7-11)22-10-18-13)19-12-8-20(9-12)15-3-1-2-6-17-15/h1-7,10,12H,8-9H2,(H,19,21). The van der Waals surface area contributed by atoms with Crippen molar-refractivity contribution in [2.75, 3.05) is 18.0 Å². The van der Waals surface area contributed by atoms with E-state index in [9.17, 15) is 4.79 Å². The first-order valence-electron chi connectivity index (χ1n) is 7.10. The van der Waals surface area contributed by atoms with Crippen LogP contribution in [0, 0.1) is 0 Å². The highest BCUT2D eigenvalue weighted by Gasteiger charge is 2.29. The van der Waals surface area contributed by atoms with Gasteiger partial charge in [-0.25, -0.2) is 9.97 Å². The van der Waals surface area contributed by atoms with Crippen LogP contribution >= 0.6 is 11.3 Å². The Morgan fingerprint density at radius 1 is 1.23 bits per heavy atom. The lowest BCUT2D eigenvalue weighted by molar-refractivity contribution is 0.0930. The Morgan fingerprint density at radius 2 is 2.14 bits per heavy atom. The Bertz CT molecular complexity index is 811. The quantitative estimate of drug-likeness (QED) is 0.806. The SMILES string of the molecule is O=C(NC1CN(c2ccccn2)C1)c1ccc2ncsc2c1. The molecule has 1 amide bonds. The van der Waals surface area contributed by atoms with Gasteiger partial charge in [-0.15, -0.1) is 11.3 Å². The van der Waals surface area contributed by atoms with Crippen LogP contribution in [0.25, 0.3) is 10.2 Å². The van der Waals surface area contributed by atoms with Crippen molar-refractivity contribution in [1.82, 2.24) is 15.3 Å². The predicted octanol–water partition coefficient (Wildman–Crippen LogP) is 2.31. The fourth-order valence-electron chi connectivity index (χ4n) is 2.56. The molecule has 0 atom stereocenters. The molecule has 1 saturated heterocycles. The maximum atomic E-state index is 12.3. The molecule has 3 heterocycles. The monoisotopic (exact) mass is 310 g/mol. The number of hydrogen-bond donors (Lipinski definition) is 1. The van der Waals surface area contributed by atoms with E-state index in [1.807, 2.05) is 36.4 Å². The second kappa shape index (κ2) is 5.38. The van der Waals surface area contributed by atoms with E-state index in [1.165, 1.54) is 0 Å². The zero-order chi connectivity index (χ0) is 14.9. The van der Waals surface area contributed by atoms with E-state index in [1.54, 1.807) is 23.0 Å². The Labute approximate surface area is 131 Å². The molecule has 22 heavy (non-hydrogen) atoms. The van der Waals surface area contributed by atoms with E-state index in [0.717, 1.165) is 29.1 Å². The normalized spacial score (nSPS) is 14.8. The van der Waals surface area contributed by atoms with Gasteiger partial charge in [0, 0.05) is 24.8 Å². The predicted molar refractivity (Wildman–Crippen MR) is 87.3 cm³/mol. The van der Waals surface area contributed by atoms with Gasteiger partial charge in [0.05, 0.1) is 21.8 Å². The minimum Gasteiger partial charge on any atom is -0.352 e. The molecule has 4 rings (SSSR count). The maximum absolute atomic E-state index is 12.3. The van der Waals surface area contributed by atoms with Gasteiger partial charge in [0.15, 0.2) is 0 Å². The summed E-state index contributed by atoms with van der Waals surface area (Å²) in [5.41, 5.74) is 3.42. The van der Waals surface area contributed by atoms with Crippen LogP contribution in [0.5, 0.6) is 0 Å². The van der Waals surface area contributed by atoms with Gasteiger partial charge in [-0.2, -0.15) is 0 Å². The van der Waals surface area contributed by atoms with Gasteiger partial charge in [-0.3, -0.25) is 4.79 Å². The van der Waals surface area contributed by atoms with Gasteiger partial charge in [0.2, 0.25) is 0 Å². The fraction of sp³-hybridized carbons (Fsp3) is 0.188. The summed E-state index contributed by atoms with van der Waals surface area (Å²) >= 11 is 1.55. The zero-order valence-electron chi connectivity index (χ0n) is 11.8. The molecule has 1 N–H and O–H groups in total. The summed E-state index contributed by atoms with van der Waals surface area (Å²) in [5.74, 6) is 0.931. The largest absolute Gasteiger partial charge is 0.352 e. The highest BCUT2D eigenvalue weighted by molar-refractivity contribution is 7.16. The first-order chi connectivity index (χ1) is 10.8. The van der Waals surface area contributed by atoms with Gasteiger partial charge in [-0.05, 0) is 30.3 Å². The highest BCUT2D eigenvalue weighted by atomic mass is 32.1. The number of benzene rings is 1. The van der Waals surface area contributed by atoms with Crippen molar-refractivity contribution in [2.24, 2.45) is 0 Å². The molecule has 0 aliphatic carbocycles. The molecular weight excluding hydrogens is 296 g/mol. The Morgan fingerprint density at radius 3 is 2.95 bits per heavy atom. The maximum Gasteiger partial charge on any atom is 0.251 e. The molecule has 6 heteroatoms. The minimum absolute atomic E-state index is 0.0269. The number of carbonyl (C=O) groups is 1. The molecule has 1 aliphatic heterocycles. The lowest BCUT2D eigenvalue weighted by atomic mass is 10.1. The number of nitrogens with zero attached hydrogens (tertiary/aromatic N) is 3. The summed E-state index contributed by atoms with van der Waals surface area (Å²) in [6.07, 6.45) is 1.78. The lowest BCUT2D eigenvalue weighted by Crippen LogP contribution is -2.59. The number of fused-ring (bicyclic) bond motifs is 1. The van der Waals surface area contributed by atoms with Crippen molar-refractivity contribution < 1.29 is 4.79 Å². The molecule has 2 aromatic heterocycles. The van der Waals surface area contributed by atoms with Gasteiger partial charge < -0.3 is 10.2 Å². The van der Waals surface area contributed by atoms with Crippen LogP contribution in [0.1, 0.15) is 10.4 Å². The van der Waals surface area contributed by atoms with E-state index in [0.29, 0.717) is 5.56 Å². The number of hydrogen-bond acceptors (Lipinski definition) is 5. The van der Waals surface area contributed by atoms with Crippen LogP contribution in [0.2, 0.25) is 0 Å². The Hall–Kier alpha value is -2.47. The van der Waals surface area contributed by atoms with Crippen LogP contribution < -0.4 is 10.2 Å². The van der Waals surface area contributed by atoms with Gasteiger partial charge in [-0.1, -0.05) is 6.07 Å². The Kier molecular flexibility index (Phi) is 3.23. The average molecular weight is 310 g/mol. The van der Waals surface area contributed by atoms with Crippen LogP contribution in [0.4, 0.5) is 5.82 Å². The van der Waals surface area contributed by atoms with E-state index >= 15 is 0 Å². The first-order valence-corrected chi connectivity index (χ1v) is 7.98. The first kappa shape index (κ1) is 13.2. The van der Waals surface area contributed by atoms with Crippen molar-refractivity contribution >= 4 is 33.3 Å². The molecule has 3 aromatic rings.